The van der Waals surface area contributed by atoms with Crippen LogP contribution in [0.15, 0.2) is 71.2 Å². The molecule has 150 valence electrons. The first-order chi connectivity index (χ1) is 14.4. The van der Waals surface area contributed by atoms with E-state index in [9.17, 15) is 20.2 Å². The fourth-order valence-corrected chi connectivity index (χ4v) is 4.27. The number of carbonyl (C=O) groups is 1. The highest BCUT2D eigenvalue weighted by atomic mass is 16.6. The van der Waals surface area contributed by atoms with Crippen LogP contribution in [0.3, 0.4) is 0 Å². The number of nitro benzene ring substituents is 1. The Bertz CT molecular complexity index is 1160. The number of rotatable bonds is 3. The van der Waals surface area contributed by atoms with Gasteiger partial charge in [0.05, 0.1) is 22.5 Å². The molecule has 2 aromatic carbocycles. The molecule has 1 aliphatic heterocycles. The molecule has 7 heteroatoms. The molecule has 0 amide bonds. The summed E-state index contributed by atoms with van der Waals surface area (Å²) in [5.74, 6) is -0.350. The van der Waals surface area contributed by atoms with E-state index in [4.69, 9.17) is 5.73 Å². The van der Waals surface area contributed by atoms with Crippen LogP contribution in [0.1, 0.15) is 36.3 Å². The molecule has 0 bridgehead atoms. The van der Waals surface area contributed by atoms with Gasteiger partial charge in [-0.25, -0.2) is 0 Å². The van der Waals surface area contributed by atoms with Crippen LogP contribution in [-0.4, -0.2) is 10.7 Å². The van der Waals surface area contributed by atoms with E-state index in [0.29, 0.717) is 36.2 Å². The summed E-state index contributed by atoms with van der Waals surface area (Å²) in [6.07, 6.45) is 1.78. The lowest BCUT2D eigenvalue weighted by atomic mass is 9.75. The van der Waals surface area contributed by atoms with Gasteiger partial charge in [-0.05, 0) is 43.0 Å². The number of aryl methyl sites for hydroxylation is 1. The van der Waals surface area contributed by atoms with Crippen molar-refractivity contribution in [3.63, 3.8) is 0 Å². The van der Waals surface area contributed by atoms with Crippen LogP contribution >= 0.6 is 0 Å². The topological polar surface area (TPSA) is 113 Å². The summed E-state index contributed by atoms with van der Waals surface area (Å²) in [5.41, 5.74) is 10.6. The third kappa shape index (κ3) is 3.12. The van der Waals surface area contributed by atoms with Gasteiger partial charge in [0.15, 0.2) is 5.78 Å². The Labute approximate surface area is 173 Å². The quantitative estimate of drug-likeness (QED) is 0.610. The Morgan fingerprint density at radius 3 is 2.57 bits per heavy atom. The Morgan fingerprint density at radius 2 is 1.93 bits per heavy atom. The molecular weight excluding hydrogens is 380 g/mol. The van der Waals surface area contributed by atoms with Crippen LogP contribution in [0.25, 0.3) is 0 Å². The number of nitrogens with two attached hydrogens (primary N) is 1. The van der Waals surface area contributed by atoms with Gasteiger partial charge in [-0.2, -0.15) is 5.26 Å². The first-order valence-electron chi connectivity index (χ1n) is 9.69. The van der Waals surface area contributed by atoms with Crippen molar-refractivity contribution < 1.29 is 9.72 Å². The molecule has 0 spiro atoms. The Balaban J connectivity index is 1.93. The van der Waals surface area contributed by atoms with Crippen molar-refractivity contribution in [1.29, 1.82) is 5.26 Å². The highest BCUT2D eigenvalue weighted by Gasteiger charge is 2.40. The largest absolute Gasteiger partial charge is 0.384 e. The molecule has 2 N–H and O–H groups in total. The predicted octanol–water partition coefficient (Wildman–Crippen LogP) is 4.21. The molecule has 1 aliphatic carbocycles. The molecule has 0 fully saturated rings. The second kappa shape index (κ2) is 7.48. The van der Waals surface area contributed by atoms with E-state index >= 15 is 0 Å². The second-order valence-corrected chi connectivity index (χ2v) is 7.50. The minimum Gasteiger partial charge on any atom is -0.384 e. The van der Waals surface area contributed by atoms with Crippen LogP contribution in [-0.2, 0) is 4.79 Å². The fraction of sp³-hybridized carbons (Fsp3) is 0.217. The number of ketones is 1. The maximum absolute atomic E-state index is 13.0. The molecule has 7 nitrogen and oxygen atoms in total. The third-order valence-electron chi connectivity index (χ3n) is 5.61. The van der Waals surface area contributed by atoms with Crippen LogP contribution in [0.4, 0.5) is 11.4 Å². The van der Waals surface area contributed by atoms with Crippen LogP contribution in [0, 0.1) is 28.4 Å². The first-order valence-corrected chi connectivity index (χ1v) is 9.69. The van der Waals surface area contributed by atoms with Crippen LogP contribution < -0.4 is 10.6 Å². The summed E-state index contributed by atoms with van der Waals surface area (Å²) < 4.78 is 0. The van der Waals surface area contributed by atoms with Gasteiger partial charge in [0.1, 0.15) is 5.82 Å². The molecule has 2 aliphatic rings. The van der Waals surface area contributed by atoms with Crippen molar-refractivity contribution in [2.24, 2.45) is 5.73 Å². The van der Waals surface area contributed by atoms with Crippen LogP contribution in [0.5, 0.6) is 0 Å². The lowest BCUT2D eigenvalue weighted by Gasteiger charge is -2.39. The average Bonchev–Trinajstić information content (AvgIpc) is 2.73. The number of nitro groups is 1. The van der Waals surface area contributed by atoms with Gasteiger partial charge >= 0.3 is 0 Å². The molecule has 0 aromatic heterocycles. The Morgan fingerprint density at radius 1 is 1.20 bits per heavy atom. The Hall–Kier alpha value is -3.92. The van der Waals surface area contributed by atoms with Crippen molar-refractivity contribution in [3.05, 3.63) is 92.4 Å². The third-order valence-corrected chi connectivity index (χ3v) is 5.61. The smallest absolute Gasteiger partial charge is 0.269 e. The number of nitriles is 1. The number of benzene rings is 2. The SMILES string of the molecule is Cc1cccc(N2C(N)=C(C#N)C(c3ccc([N+](=O)[O-])cc3)C3=C2CCCC3=O)c1. The van der Waals surface area contributed by atoms with E-state index in [0.717, 1.165) is 16.9 Å². The normalized spacial score (nSPS) is 18.9. The summed E-state index contributed by atoms with van der Waals surface area (Å²) in [5, 5.41) is 21.0. The number of anilines is 1. The number of hydrogen-bond acceptors (Lipinski definition) is 6. The molecule has 1 heterocycles. The van der Waals surface area contributed by atoms with Crippen LogP contribution in [0.2, 0.25) is 0 Å². The molecule has 0 saturated heterocycles. The van der Waals surface area contributed by atoms with E-state index in [2.05, 4.69) is 6.07 Å². The van der Waals surface area contributed by atoms with Gasteiger partial charge in [0, 0.05) is 35.5 Å². The standard InChI is InChI=1S/C23H20N4O3/c1-14-4-2-5-17(12-14)26-19-6-3-7-20(28)22(19)21(18(13-24)23(26)25)15-8-10-16(11-9-15)27(29)30/h2,4-5,8-12,21H,3,6-7,25H2,1H3. The predicted molar refractivity (Wildman–Crippen MR) is 112 cm³/mol. The molecule has 2 aromatic rings. The summed E-state index contributed by atoms with van der Waals surface area (Å²) in [6, 6.07) is 15.9. The number of Topliss-reactive ketones (excluding diaryl/α,β-unsaturated/α-hetero) is 1. The van der Waals surface area contributed by atoms with E-state index in [1.165, 1.54) is 12.1 Å². The van der Waals surface area contributed by atoms with Crippen molar-refractivity contribution in [2.75, 3.05) is 4.90 Å². The highest BCUT2D eigenvalue weighted by molar-refractivity contribution is 6.01. The van der Waals surface area contributed by atoms with E-state index < -0.39 is 10.8 Å². The average molecular weight is 400 g/mol. The Kier molecular flexibility index (Phi) is 4.84. The number of nitrogens with zero attached hydrogens (tertiary/aromatic N) is 3. The van der Waals surface area contributed by atoms with Crippen molar-refractivity contribution in [3.8, 4) is 6.07 Å². The lowest BCUT2D eigenvalue weighted by Crippen LogP contribution is -2.38. The van der Waals surface area contributed by atoms with Crippen molar-refractivity contribution in [2.45, 2.75) is 32.1 Å². The molecule has 1 atom stereocenters. The zero-order chi connectivity index (χ0) is 21.4. The van der Waals surface area contributed by atoms with Gasteiger partial charge in [0.2, 0.25) is 0 Å². The van der Waals surface area contributed by atoms with Gasteiger partial charge in [-0.1, -0.05) is 24.3 Å². The van der Waals surface area contributed by atoms with E-state index in [1.54, 1.807) is 12.1 Å². The maximum Gasteiger partial charge on any atom is 0.269 e. The molecule has 4 rings (SSSR count). The number of non-ortho nitro benzene ring substituents is 1. The number of allylic oxidation sites excluding steroid dienone is 3. The monoisotopic (exact) mass is 400 g/mol. The van der Waals surface area contributed by atoms with Gasteiger partial charge < -0.3 is 5.73 Å². The maximum atomic E-state index is 13.0. The summed E-state index contributed by atoms with van der Waals surface area (Å²) in [7, 11) is 0. The zero-order valence-corrected chi connectivity index (χ0v) is 16.5. The second-order valence-electron chi connectivity index (χ2n) is 7.50. The number of hydrogen-bond donors (Lipinski definition) is 1. The van der Waals surface area contributed by atoms with E-state index in [1.807, 2.05) is 36.1 Å². The highest BCUT2D eigenvalue weighted by Crippen LogP contribution is 2.46. The molecule has 0 radical (unpaired) electrons. The fourth-order valence-electron chi connectivity index (χ4n) is 4.27. The van der Waals surface area contributed by atoms with Crippen molar-refractivity contribution >= 4 is 17.2 Å². The molecule has 30 heavy (non-hydrogen) atoms. The van der Waals surface area contributed by atoms with Gasteiger partial charge in [-0.15, -0.1) is 0 Å². The molecular formula is C23H20N4O3. The van der Waals surface area contributed by atoms with Gasteiger partial charge in [0.25, 0.3) is 5.69 Å². The summed E-state index contributed by atoms with van der Waals surface area (Å²) >= 11 is 0. The van der Waals surface area contributed by atoms with E-state index in [-0.39, 0.29) is 17.0 Å². The number of carbonyl (C=O) groups excluding carboxylic acids is 1. The molecule has 1 unspecified atom stereocenters. The van der Waals surface area contributed by atoms with Gasteiger partial charge in [-0.3, -0.25) is 19.8 Å². The first kappa shape index (κ1) is 19.4. The zero-order valence-electron chi connectivity index (χ0n) is 16.5. The summed E-state index contributed by atoms with van der Waals surface area (Å²) in [4.78, 5) is 25.4. The molecule has 0 saturated carbocycles. The minimum atomic E-state index is -0.625. The summed E-state index contributed by atoms with van der Waals surface area (Å²) in [6.45, 7) is 1.97. The lowest BCUT2D eigenvalue weighted by molar-refractivity contribution is -0.384. The van der Waals surface area contributed by atoms with Crippen molar-refractivity contribution in [1.82, 2.24) is 0 Å². The minimum absolute atomic E-state index is 0.0162.